The first-order chi connectivity index (χ1) is 9.83. The number of amides is 1. The third kappa shape index (κ3) is 3.21. The number of carbonyl (C=O) groups excluding carboxylic acids is 1. The van der Waals surface area contributed by atoms with Crippen LogP contribution in [-0.4, -0.2) is 37.1 Å². The molecule has 1 aromatic carbocycles. The molecule has 3 rings (SSSR count). The van der Waals surface area contributed by atoms with Gasteiger partial charge in [0.05, 0.1) is 12.5 Å². The smallest absolute Gasteiger partial charge is 0.228 e. The number of benzene rings is 1. The van der Waals surface area contributed by atoms with Crippen molar-refractivity contribution >= 4 is 5.91 Å². The molecule has 3 nitrogen and oxygen atoms in total. The van der Waals surface area contributed by atoms with E-state index in [1.807, 2.05) is 0 Å². The molecule has 0 aliphatic carbocycles. The Balaban J connectivity index is 1.52. The van der Waals surface area contributed by atoms with Crippen LogP contribution in [0.3, 0.4) is 0 Å². The van der Waals surface area contributed by atoms with Crippen molar-refractivity contribution in [3.05, 3.63) is 35.9 Å². The number of likely N-dealkylation sites (tertiary alicyclic amines) is 1. The summed E-state index contributed by atoms with van der Waals surface area (Å²) >= 11 is 0. The lowest BCUT2D eigenvalue weighted by atomic mass is 9.98. The summed E-state index contributed by atoms with van der Waals surface area (Å²) in [4.78, 5) is 14.5. The molecule has 108 valence electrons. The number of carbonyl (C=O) groups is 1. The van der Waals surface area contributed by atoms with Gasteiger partial charge in [-0.05, 0) is 37.2 Å². The van der Waals surface area contributed by atoms with E-state index in [4.69, 9.17) is 4.74 Å². The van der Waals surface area contributed by atoms with Crippen LogP contribution >= 0.6 is 0 Å². The largest absolute Gasteiger partial charge is 0.381 e. The zero-order valence-corrected chi connectivity index (χ0v) is 12.0. The van der Waals surface area contributed by atoms with Gasteiger partial charge in [0.15, 0.2) is 0 Å². The average Bonchev–Trinajstić information content (AvgIpc) is 2.97. The van der Waals surface area contributed by atoms with Crippen LogP contribution in [0.5, 0.6) is 0 Å². The first-order valence-electron chi connectivity index (χ1n) is 7.73. The van der Waals surface area contributed by atoms with Gasteiger partial charge in [0.1, 0.15) is 0 Å². The summed E-state index contributed by atoms with van der Waals surface area (Å²) in [5.74, 6) is 1.05. The average molecular weight is 273 g/mol. The predicted molar refractivity (Wildman–Crippen MR) is 78.4 cm³/mol. The van der Waals surface area contributed by atoms with Gasteiger partial charge in [-0.25, -0.2) is 0 Å². The Morgan fingerprint density at radius 2 is 2.10 bits per heavy atom. The van der Waals surface area contributed by atoms with E-state index < -0.39 is 0 Å². The molecule has 2 aliphatic rings. The fourth-order valence-electron chi connectivity index (χ4n) is 3.34. The minimum Gasteiger partial charge on any atom is -0.381 e. The fraction of sp³-hybridized carbons (Fsp3) is 0.588. The number of rotatable bonds is 3. The highest BCUT2D eigenvalue weighted by Gasteiger charge is 2.31. The fourth-order valence-corrected chi connectivity index (χ4v) is 3.34. The van der Waals surface area contributed by atoms with Crippen LogP contribution in [0.2, 0.25) is 0 Å². The summed E-state index contributed by atoms with van der Waals surface area (Å²) in [5, 5.41) is 0. The molecule has 3 heteroatoms. The van der Waals surface area contributed by atoms with Crippen LogP contribution in [0.25, 0.3) is 0 Å². The Kier molecular flexibility index (Phi) is 4.36. The maximum atomic E-state index is 12.4. The second-order valence-electron chi connectivity index (χ2n) is 6.04. The third-order valence-electron chi connectivity index (χ3n) is 4.47. The standard InChI is InChI=1S/C17H23NO2/c19-17(16-7-4-10-20-13-16)18-9-8-15(12-18)11-14-5-2-1-3-6-14/h1-3,5-6,15-16H,4,7-13H2. The van der Waals surface area contributed by atoms with Crippen molar-refractivity contribution in [2.75, 3.05) is 26.3 Å². The number of hydrogen-bond acceptors (Lipinski definition) is 2. The van der Waals surface area contributed by atoms with Gasteiger partial charge in [0.25, 0.3) is 0 Å². The van der Waals surface area contributed by atoms with Gasteiger partial charge in [-0.2, -0.15) is 0 Å². The molecule has 2 atom stereocenters. The lowest BCUT2D eigenvalue weighted by Crippen LogP contribution is -2.38. The van der Waals surface area contributed by atoms with E-state index in [0.29, 0.717) is 18.4 Å². The van der Waals surface area contributed by atoms with Crippen molar-refractivity contribution < 1.29 is 9.53 Å². The van der Waals surface area contributed by atoms with Crippen LogP contribution in [-0.2, 0) is 16.0 Å². The van der Waals surface area contributed by atoms with Gasteiger partial charge < -0.3 is 9.64 Å². The van der Waals surface area contributed by atoms with Crippen LogP contribution < -0.4 is 0 Å². The Morgan fingerprint density at radius 3 is 2.85 bits per heavy atom. The summed E-state index contributed by atoms with van der Waals surface area (Å²) < 4.78 is 5.44. The molecule has 0 radical (unpaired) electrons. The van der Waals surface area contributed by atoms with Crippen molar-refractivity contribution in [2.45, 2.75) is 25.7 Å². The zero-order chi connectivity index (χ0) is 13.8. The molecule has 0 spiro atoms. The molecule has 0 saturated carbocycles. The highest BCUT2D eigenvalue weighted by atomic mass is 16.5. The SMILES string of the molecule is O=C(C1CCCOC1)N1CCC(Cc2ccccc2)C1. The van der Waals surface area contributed by atoms with Crippen LogP contribution in [0.1, 0.15) is 24.8 Å². The maximum absolute atomic E-state index is 12.4. The van der Waals surface area contributed by atoms with Crippen LogP contribution in [0, 0.1) is 11.8 Å². The molecular weight excluding hydrogens is 250 g/mol. The van der Waals surface area contributed by atoms with Gasteiger partial charge in [0, 0.05) is 19.7 Å². The summed E-state index contributed by atoms with van der Waals surface area (Å²) in [6.07, 6.45) is 4.25. The first-order valence-corrected chi connectivity index (χ1v) is 7.73. The predicted octanol–water partition coefficient (Wildman–Crippen LogP) is 2.50. The minimum atomic E-state index is 0.110. The second kappa shape index (κ2) is 6.40. The van der Waals surface area contributed by atoms with E-state index in [9.17, 15) is 4.79 Å². The Morgan fingerprint density at radius 1 is 1.25 bits per heavy atom. The molecular formula is C17H23NO2. The number of nitrogens with zero attached hydrogens (tertiary/aromatic N) is 1. The molecule has 0 N–H and O–H groups in total. The normalized spacial score (nSPS) is 26.7. The van der Waals surface area contributed by atoms with E-state index in [-0.39, 0.29) is 5.92 Å². The van der Waals surface area contributed by atoms with Gasteiger partial charge in [0.2, 0.25) is 5.91 Å². The van der Waals surface area contributed by atoms with Gasteiger partial charge in [-0.1, -0.05) is 30.3 Å². The first kappa shape index (κ1) is 13.6. The highest BCUT2D eigenvalue weighted by molar-refractivity contribution is 5.79. The van der Waals surface area contributed by atoms with Crippen LogP contribution in [0.15, 0.2) is 30.3 Å². The molecule has 20 heavy (non-hydrogen) atoms. The maximum Gasteiger partial charge on any atom is 0.228 e. The van der Waals surface area contributed by atoms with Crippen molar-refractivity contribution in [3.8, 4) is 0 Å². The summed E-state index contributed by atoms with van der Waals surface area (Å²) in [7, 11) is 0. The quantitative estimate of drug-likeness (QED) is 0.847. The van der Waals surface area contributed by atoms with E-state index in [0.717, 1.165) is 45.4 Å². The molecule has 2 fully saturated rings. The van der Waals surface area contributed by atoms with Crippen molar-refractivity contribution in [2.24, 2.45) is 11.8 Å². The van der Waals surface area contributed by atoms with E-state index in [1.165, 1.54) is 5.56 Å². The molecule has 2 heterocycles. The Hall–Kier alpha value is -1.35. The van der Waals surface area contributed by atoms with Crippen molar-refractivity contribution in [1.29, 1.82) is 0 Å². The van der Waals surface area contributed by atoms with Crippen molar-refractivity contribution in [3.63, 3.8) is 0 Å². The molecule has 2 unspecified atom stereocenters. The molecule has 0 aromatic heterocycles. The molecule has 0 bridgehead atoms. The minimum absolute atomic E-state index is 0.110. The lowest BCUT2D eigenvalue weighted by molar-refractivity contribution is -0.138. The van der Waals surface area contributed by atoms with Gasteiger partial charge >= 0.3 is 0 Å². The lowest BCUT2D eigenvalue weighted by Gasteiger charge is -2.26. The molecule has 2 saturated heterocycles. The summed E-state index contributed by atoms with van der Waals surface area (Å²) in [5.41, 5.74) is 1.38. The van der Waals surface area contributed by atoms with Gasteiger partial charge in [-0.3, -0.25) is 4.79 Å². The number of ether oxygens (including phenoxy) is 1. The molecule has 2 aliphatic heterocycles. The molecule has 1 aromatic rings. The van der Waals surface area contributed by atoms with Crippen LogP contribution in [0.4, 0.5) is 0 Å². The zero-order valence-electron chi connectivity index (χ0n) is 12.0. The second-order valence-corrected chi connectivity index (χ2v) is 6.04. The summed E-state index contributed by atoms with van der Waals surface area (Å²) in [6.45, 7) is 3.29. The monoisotopic (exact) mass is 273 g/mol. The number of hydrogen-bond donors (Lipinski definition) is 0. The topological polar surface area (TPSA) is 29.5 Å². The summed E-state index contributed by atoms with van der Waals surface area (Å²) in [6, 6.07) is 10.6. The van der Waals surface area contributed by atoms with E-state index in [2.05, 4.69) is 35.2 Å². The third-order valence-corrected chi connectivity index (χ3v) is 4.47. The van der Waals surface area contributed by atoms with Gasteiger partial charge in [-0.15, -0.1) is 0 Å². The molecule has 1 amide bonds. The Bertz CT molecular complexity index is 440. The van der Waals surface area contributed by atoms with E-state index >= 15 is 0 Å². The Labute approximate surface area is 120 Å². The van der Waals surface area contributed by atoms with Crippen molar-refractivity contribution in [1.82, 2.24) is 4.90 Å². The highest BCUT2D eigenvalue weighted by Crippen LogP contribution is 2.24. The van der Waals surface area contributed by atoms with E-state index in [1.54, 1.807) is 0 Å².